The maximum atomic E-state index is 12.7. The molecule has 1 saturated heterocycles. The number of fused-ring (bicyclic) bond motifs is 1. The third kappa shape index (κ3) is 3.47. The SMILES string of the molecule is CC(C)(C)OC(=O)n1cc(B2OC(C)(C)C(C)(C)O2)c2cc(C#N)ccc21. The van der Waals surface area contributed by atoms with E-state index < -0.39 is 30.0 Å². The first-order chi connectivity index (χ1) is 12.3. The average molecular weight is 368 g/mol. The van der Waals surface area contributed by atoms with E-state index in [-0.39, 0.29) is 0 Å². The van der Waals surface area contributed by atoms with Gasteiger partial charge in [-0.1, -0.05) is 0 Å². The summed E-state index contributed by atoms with van der Waals surface area (Å²) in [5.74, 6) is 0. The lowest BCUT2D eigenvalue weighted by atomic mass is 9.79. The van der Waals surface area contributed by atoms with Gasteiger partial charge in [0.1, 0.15) is 5.60 Å². The zero-order chi connectivity index (χ0) is 20.2. The van der Waals surface area contributed by atoms with E-state index in [1.165, 1.54) is 4.57 Å². The Hall–Kier alpha value is -2.30. The van der Waals surface area contributed by atoms with E-state index in [4.69, 9.17) is 14.0 Å². The van der Waals surface area contributed by atoms with Crippen LogP contribution in [0.4, 0.5) is 4.79 Å². The Bertz CT molecular complexity index is 931. The van der Waals surface area contributed by atoms with E-state index in [9.17, 15) is 10.1 Å². The molecule has 6 nitrogen and oxygen atoms in total. The van der Waals surface area contributed by atoms with Gasteiger partial charge in [-0.25, -0.2) is 4.79 Å². The van der Waals surface area contributed by atoms with Gasteiger partial charge in [-0.2, -0.15) is 5.26 Å². The van der Waals surface area contributed by atoms with Gasteiger partial charge in [-0.05, 0) is 66.7 Å². The van der Waals surface area contributed by atoms with Gasteiger partial charge in [0.2, 0.25) is 0 Å². The van der Waals surface area contributed by atoms with Crippen LogP contribution in [0.2, 0.25) is 0 Å². The van der Waals surface area contributed by atoms with Crippen LogP contribution in [0.5, 0.6) is 0 Å². The number of benzene rings is 1. The molecule has 1 aromatic carbocycles. The Kier molecular flexibility index (Phi) is 4.41. The number of carbonyl (C=O) groups is 1. The van der Waals surface area contributed by atoms with Crippen LogP contribution in [0.1, 0.15) is 54.0 Å². The highest BCUT2D eigenvalue weighted by atomic mass is 16.7. The van der Waals surface area contributed by atoms with Crippen LogP contribution in [-0.2, 0) is 14.0 Å². The van der Waals surface area contributed by atoms with Gasteiger partial charge in [-0.15, -0.1) is 0 Å². The third-order valence-electron chi connectivity index (χ3n) is 5.06. The molecule has 0 atom stereocenters. The summed E-state index contributed by atoms with van der Waals surface area (Å²) in [6, 6.07) is 7.31. The lowest BCUT2D eigenvalue weighted by molar-refractivity contribution is 0.00578. The van der Waals surface area contributed by atoms with Crippen LogP contribution in [0.25, 0.3) is 10.9 Å². The first-order valence-electron chi connectivity index (χ1n) is 8.99. The number of nitriles is 1. The number of carbonyl (C=O) groups excluding carboxylic acids is 1. The zero-order valence-electron chi connectivity index (χ0n) is 16.9. The molecule has 0 unspecified atom stereocenters. The molecule has 0 spiro atoms. The lowest BCUT2D eigenvalue weighted by Gasteiger charge is -2.32. The smallest absolute Gasteiger partial charge is 0.443 e. The molecule has 27 heavy (non-hydrogen) atoms. The Balaban J connectivity index is 2.13. The van der Waals surface area contributed by atoms with E-state index >= 15 is 0 Å². The first-order valence-corrected chi connectivity index (χ1v) is 8.99. The van der Waals surface area contributed by atoms with E-state index in [0.29, 0.717) is 16.5 Å². The molecule has 1 aliphatic heterocycles. The summed E-state index contributed by atoms with van der Waals surface area (Å²) in [6.45, 7) is 13.3. The molecule has 1 aliphatic rings. The van der Waals surface area contributed by atoms with E-state index in [1.807, 2.05) is 48.5 Å². The highest BCUT2D eigenvalue weighted by Gasteiger charge is 2.52. The quantitative estimate of drug-likeness (QED) is 0.719. The summed E-state index contributed by atoms with van der Waals surface area (Å²) in [5.41, 5.74) is 0.210. The van der Waals surface area contributed by atoms with Crippen molar-refractivity contribution in [3.05, 3.63) is 30.0 Å². The van der Waals surface area contributed by atoms with Gasteiger partial charge >= 0.3 is 13.2 Å². The number of rotatable bonds is 1. The van der Waals surface area contributed by atoms with Crippen LogP contribution in [-0.4, -0.2) is 34.6 Å². The summed E-state index contributed by atoms with van der Waals surface area (Å²) >= 11 is 0. The first kappa shape index (κ1) is 19.5. The molecule has 0 amide bonds. The van der Waals surface area contributed by atoms with E-state index in [0.717, 1.165) is 5.39 Å². The Labute approximate surface area is 160 Å². The molecule has 1 aromatic heterocycles. The predicted octanol–water partition coefficient (Wildman–Crippen LogP) is 3.60. The van der Waals surface area contributed by atoms with Crippen molar-refractivity contribution in [3.63, 3.8) is 0 Å². The van der Waals surface area contributed by atoms with Crippen LogP contribution >= 0.6 is 0 Å². The molecule has 3 rings (SSSR count). The fourth-order valence-corrected chi connectivity index (χ4v) is 2.95. The minimum Gasteiger partial charge on any atom is -0.443 e. The predicted molar refractivity (Wildman–Crippen MR) is 104 cm³/mol. The fraction of sp³-hybridized carbons (Fsp3) is 0.500. The largest absolute Gasteiger partial charge is 0.497 e. The van der Waals surface area contributed by atoms with Gasteiger partial charge in [0.25, 0.3) is 0 Å². The van der Waals surface area contributed by atoms with Crippen molar-refractivity contribution in [3.8, 4) is 6.07 Å². The summed E-state index contributed by atoms with van der Waals surface area (Å²) in [6.07, 6.45) is 1.20. The number of aromatic nitrogens is 1. The highest BCUT2D eigenvalue weighted by molar-refractivity contribution is 6.65. The van der Waals surface area contributed by atoms with Gasteiger partial charge in [0.15, 0.2) is 0 Å². The third-order valence-corrected chi connectivity index (χ3v) is 5.06. The fourth-order valence-electron chi connectivity index (χ4n) is 2.95. The maximum absolute atomic E-state index is 12.7. The number of ether oxygens (including phenoxy) is 1. The Morgan fingerprint density at radius 2 is 1.78 bits per heavy atom. The average Bonchev–Trinajstić information content (AvgIpc) is 2.99. The molecular weight excluding hydrogens is 343 g/mol. The van der Waals surface area contributed by atoms with Crippen LogP contribution in [0.15, 0.2) is 24.4 Å². The van der Waals surface area contributed by atoms with Gasteiger partial charge < -0.3 is 14.0 Å². The van der Waals surface area contributed by atoms with Crippen LogP contribution in [0.3, 0.4) is 0 Å². The molecule has 0 N–H and O–H groups in total. The maximum Gasteiger partial charge on any atom is 0.497 e. The minimum absolute atomic E-state index is 0.486. The molecule has 7 heteroatoms. The Morgan fingerprint density at radius 1 is 1.19 bits per heavy atom. The number of hydrogen-bond donors (Lipinski definition) is 0. The van der Waals surface area contributed by atoms with E-state index in [2.05, 4.69) is 6.07 Å². The normalized spacial score (nSPS) is 18.5. The molecule has 142 valence electrons. The van der Waals surface area contributed by atoms with Crippen molar-refractivity contribution in [1.82, 2.24) is 4.57 Å². The highest BCUT2D eigenvalue weighted by Crippen LogP contribution is 2.37. The summed E-state index contributed by atoms with van der Waals surface area (Å²) in [7, 11) is -0.643. The summed E-state index contributed by atoms with van der Waals surface area (Å²) in [4.78, 5) is 12.7. The zero-order valence-corrected chi connectivity index (χ0v) is 16.9. The van der Waals surface area contributed by atoms with Crippen LogP contribution < -0.4 is 5.46 Å². The van der Waals surface area contributed by atoms with E-state index in [1.54, 1.807) is 24.4 Å². The van der Waals surface area contributed by atoms with Crippen molar-refractivity contribution in [2.75, 3.05) is 0 Å². The minimum atomic E-state index is -0.643. The lowest BCUT2D eigenvalue weighted by Crippen LogP contribution is -2.41. The number of nitrogens with zero attached hydrogens (tertiary/aromatic N) is 2. The molecule has 0 bridgehead atoms. The van der Waals surface area contributed by atoms with Gasteiger partial charge in [0.05, 0.1) is 28.4 Å². The molecule has 0 radical (unpaired) electrons. The summed E-state index contributed by atoms with van der Waals surface area (Å²) in [5, 5.41) is 10.0. The van der Waals surface area contributed by atoms with Crippen LogP contribution in [0, 0.1) is 11.3 Å². The standard InChI is InChI=1S/C20H25BN2O4/c1-18(2,3)25-17(24)23-12-15(14-10-13(11-22)8-9-16(14)23)21-26-19(4,5)20(6,7)27-21/h8-10,12H,1-7H3. The van der Waals surface area contributed by atoms with Crippen molar-refractivity contribution >= 4 is 29.6 Å². The Morgan fingerprint density at radius 3 is 2.30 bits per heavy atom. The monoisotopic (exact) mass is 368 g/mol. The molecule has 2 aromatic rings. The van der Waals surface area contributed by atoms with Crippen molar-refractivity contribution in [2.45, 2.75) is 65.3 Å². The van der Waals surface area contributed by atoms with Gasteiger partial charge in [-0.3, -0.25) is 4.57 Å². The van der Waals surface area contributed by atoms with Gasteiger partial charge in [0, 0.05) is 17.0 Å². The molecular formula is C20H25BN2O4. The topological polar surface area (TPSA) is 73.5 Å². The molecule has 0 saturated carbocycles. The van der Waals surface area contributed by atoms with Crippen molar-refractivity contribution in [1.29, 1.82) is 5.26 Å². The molecule has 1 fully saturated rings. The number of hydrogen-bond acceptors (Lipinski definition) is 5. The molecule has 2 heterocycles. The van der Waals surface area contributed by atoms with Crippen molar-refractivity contribution < 1.29 is 18.8 Å². The van der Waals surface area contributed by atoms with Crippen molar-refractivity contribution in [2.24, 2.45) is 0 Å². The summed E-state index contributed by atoms with van der Waals surface area (Å²) < 4.78 is 19.3. The second-order valence-electron chi connectivity index (χ2n) is 8.87. The molecule has 0 aliphatic carbocycles. The second kappa shape index (κ2) is 6.11. The second-order valence-corrected chi connectivity index (χ2v) is 8.87.